The van der Waals surface area contributed by atoms with Crippen molar-refractivity contribution in [3.8, 4) is 0 Å². The Labute approximate surface area is 120 Å². The lowest BCUT2D eigenvalue weighted by Crippen LogP contribution is -2.12. The lowest BCUT2D eigenvalue weighted by molar-refractivity contribution is 0.295. The summed E-state index contributed by atoms with van der Waals surface area (Å²) in [5.41, 5.74) is 1.31. The van der Waals surface area contributed by atoms with E-state index in [-0.39, 0.29) is 0 Å². The van der Waals surface area contributed by atoms with Gasteiger partial charge < -0.3 is 0 Å². The summed E-state index contributed by atoms with van der Waals surface area (Å²) in [6.45, 7) is 2.31. The van der Waals surface area contributed by atoms with Crippen LogP contribution in [-0.4, -0.2) is 0 Å². The predicted molar refractivity (Wildman–Crippen MR) is 83.5 cm³/mol. The van der Waals surface area contributed by atoms with Crippen LogP contribution in [0.4, 0.5) is 0 Å². The number of halogens is 1. The highest BCUT2D eigenvalue weighted by Crippen LogP contribution is 2.32. The largest absolute Gasteiger partial charge is 0.0808 e. The standard InChI is InChI=1S/C17H23Br/c1-2-3-14-4-6-15(7-5-14)8-9-16-10-12-17(18)13-11-16/h8-15H,2-7H2,1H3. The lowest BCUT2D eigenvalue weighted by atomic mass is 9.80. The van der Waals surface area contributed by atoms with E-state index in [1.54, 1.807) is 0 Å². The summed E-state index contributed by atoms with van der Waals surface area (Å²) >= 11 is 3.47. The molecule has 0 unspecified atom stereocenters. The van der Waals surface area contributed by atoms with E-state index in [0.717, 1.165) is 16.3 Å². The van der Waals surface area contributed by atoms with Crippen LogP contribution in [0.15, 0.2) is 34.8 Å². The smallest absolute Gasteiger partial charge is 0.0175 e. The molecule has 0 aliphatic heterocycles. The topological polar surface area (TPSA) is 0 Å². The maximum Gasteiger partial charge on any atom is 0.0175 e. The fraction of sp³-hybridized carbons (Fsp3) is 0.529. The first-order chi connectivity index (χ1) is 8.78. The molecule has 0 heterocycles. The van der Waals surface area contributed by atoms with Gasteiger partial charge in [-0.25, -0.2) is 0 Å². The van der Waals surface area contributed by atoms with Crippen molar-refractivity contribution in [1.29, 1.82) is 0 Å². The van der Waals surface area contributed by atoms with Gasteiger partial charge in [0, 0.05) is 4.47 Å². The Kier molecular flexibility index (Phi) is 5.49. The molecule has 1 aliphatic rings. The second kappa shape index (κ2) is 7.13. The molecule has 0 bridgehead atoms. The van der Waals surface area contributed by atoms with E-state index in [0.29, 0.717) is 0 Å². The molecule has 0 aromatic heterocycles. The van der Waals surface area contributed by atoms with Gasteiger partial charge in [-0.15, -0.1) is 0 Å². The highest BCUT2D eigenvalue weighted by Gasteiger charge is 2.18. The van der Waals surface area contributed by atoms with Gasteiger partial charge in [-0.2, -0.15) is 0 Å². The molecule has 0 amide bonds. The summed E-state index contributed by atoms with van der Waals surface area (Å²) < 4.78 is 1.15. The minimum atomic E-state index is 0.807. The zero-order valence-electron chi connectivity index (χ0n) is 11.2. The molecule has 0 saturated heterocycles. The van der Waals surface area contributed by atoms with E-state index in [1.165, 1.54) is 44.1 Å². The first kappa shape index (κ1) is 13.9. The van der Waals surface area contributed by atoms with E-state index < -0.39 is 0 Å². The number of rotatable bonds is 4. The van der Waals surface area contributed by atoms with Gasteiger partial charge in [0.15, 0.2) is 0 Å². The lowest BCUT2D eigenvalue weighted by Gasteiger charge is -2.26. The van der Waals surface area contributed by atoms with E-state index in [1.807, 2.05) is 0 Å². The van der Waals surface area contributed by atoms with Crippen LogP contribution in [0.2, 0.25) is 0 Å². The van der Waals surface area contributed by atoms with E-state index in [4.69, 9.17) is 0 Å². The van der Waals surface area contributed by atoms with E-state index in [9.17, 15) is 0 Å². The molecule has 0 spiro atoms. The van der Waals surface area contributed by atoms with Crippen molar-refractivity contribution in [1.82, 2.24) is 0 Å². The predicted octanol–water partition coefficient (Wildman–Crippen LogP) is 6.07. The Hall–Kier alpha value is -0.560. The SMILES string of the molecule is CCCC1CCC(C=Cc2ccc(Br)cc2)CC1. The van der Waals surface area contributed by atoms with Gasteiger partial charge in [0.25, 0.3) is 0 Å². The molecular formula is C17H23Br. The van der Waals surface area contributed by atoms with Gasteiger partial charge in [0.05, 0.1) is 0 Å². The van der Waals surface area contributed by atoms with Crippen LogP contribution in [0.1, 0.15) is 51.0 Å². The van der Waals surface area contributed by atoms with Crippen molar-refractivity contribution in [3.63, 3.8) is 0 Å². The van der Waals surface area contributed by atoms with Gasteiger partial charge in [0.2, 0.25) is 0 Å². The summed E-state index contributed by atoms with van der Waals surface area (Å²) in [4.78, 5) is 0. The molecule has 1 saturated carbocycles. The van der Waals surface area contributed by atoms with Gasteiger partial charge in [0.1, 0.15) is 0 Å². The van der Waals surface area contributed by atoms with Crippen LogP contribution >= 0.6 is 15.9 Å². The van der Waals surface area contributed by atoms with Crippen LogP contribution in [0.3, 0.4) is 0 Å². The van der Waals surface area contributed by atoms with E-state index >= 15 is 0 Å². The number of allylic oxidation sites excluding steroid dienone is 1. The molecule has 0 atom stereocenters. The molecular weight excluding hydrogens is 284 g/mol. The van der Waals surface area contributed by atoms with Crippen LogP contribution in [0, 0.1) is 11.8 Å². The average Bonchev–Trinajstić information content (AvgIpc) is 2.40. The third-order valence-electron chi connectivity index (χ3n) is 4.02. The molecule has 98 valence electrons. The third kappa shape index (κ3) is 4.28. The van der Waals surface area contributed by atoms with Crippen molar-refractivity contribution in [2.24, 2.45) is 11.8 Å². The van der Waals surface area contributed by atoms with Gasteiger partial charge >= 0.3 is 0 Å². The molecule has 0 N–H and O–H groups in total. The van der Waals surface area contributed by atoms with Gasteiger partial charge in [-0.1, -0.05) is 60.0 Å². The van der Waals surface area contributed by atoms with E-state index in [2.05, 4.69) is 59.3 Å². The number of benzene rings is 1. The Bertz CT molecular complexity index is 369. The average molecular weight is 307 g/mol. The molecule has 1 aliphatic carbocycles. The Morgan fingerprint density at radius 3 is 2.39 bits per heavy atom. The van der Waals surface area contributed by atoms with Crippen LogP contribution < -0.4 is 0 Å². The summed E-state index contributed by atoms with van der Waals surface area (Å²) in [7, 11) is 0. The monoisotopic (exact) mass is 306 g/mol. The molecule has 1 fully saturated rings. The normalized spacial score (nSPS) is 24.6. The second-order valence-electron chi connectivity index (χ2n) is 5.48. The zero-order valence-corrected chi connectivity index (χ0v) is 12.8. The summed E-state index contributed by atoms with van der Waals surface area (Å²) in [6.07, 6.45) is 13.1. The van der Waals surface area contributed by atoms with Crippen molar-refractivity contribution in [2.45, 2.75) is 45.4 Å². The van der Waals surface area contributed by atoms with Gasteiger partial charge in [-0.05, 0) is 55.2 Å². The summed E-state index contributed by atoms with van der Waals surface area (Å²) in [5.74, 6) is 1.81. The Balaban J connectivity index is 1.82. The molecule has 1 aromatic rings. The molecule has 1 heteroatoms. The quantitative estimate of drug-likeness (QED) is 0.633. The Morgan fingerprint density at radius 2 is 1.78 bits per heavy atom. The fourth-order valence-corrected chi connectivity index (χ4v) is 3.16. The maximum absolute atomic E-state index is 3.47. The molecule has 18 heavy (non-hydrogen) atoms. The van der Waals surface area contributed by atoms with Crippen molar-refractivity contribution >= 4 is 22.0 Å². The molecule has 1 aromatic carbocycles. The highest BCUT2D eigenvalue weighted by molar-refractivity contribution is 9.10. The van der Waals surface area contributed by atoms with Crippen molar-refractivity contribution < 1.29 is 0 Å². The van der Waals surface area contributed by atoms with Crippen molar-refractivity contribution in [2.75, 3.05) is 0 Å². The first-order valence-electron chi connectivity index (χ1n) is 7.21. The van der Waals surface area contributed by atoms with Crippen LogP contribution in [0.25, 0.3) is 6.08 Å². The highest BCUT2D eigenvalue weighted by atomic mass is 79.9. The minimum Gasteiger partial charge on any atom is -0.0808 e. The molecule has 0 radical (unpaired) electrons. The zero-order chi connectivity index (χ0) is 12.8. The van der Waals surface area contributed by atoms with Crippen LogP contribution in [0.5, 0.6) is 0 Å². The molecule has 2 rings (SSSR count). The first-order valence-corrected chi connectivity index (χ1v) is 8.01. The van der Waals surface area contributed by atoms with Crippen molar-refractivity contribution in [3.05, 3.63) is 40.4 Å². The minimum absolute atomic E-state index is 0.807. The number of hydrogen-bond acceptors (Lipinski definition) is 0. The summed E-state index contributed by atoms with van der Waals surface area (Å²) in [5, 5.41) is 0. The number of hydrogen-bond donors (Lipinski definition) is 0. The molecule has 0 nitrogen and oxygen atoms in total. The third-order valence-corrected chi connectivity index (χ3v) is 4.55. The fourth-order valence-electron chi connectivity index (χ4n) is 2.90. The Morgan fingerprint density at radius 1 is 1.11 bits per heavy atom. The van der Waals surface area contributed by atoms with Gasteiger partial charge in [-0.3, -0.25) is 0 Å². The van der Waals surface area contributed by atoms with Crippen LogP contribution in [-0.2, 0) is 0 Å². The summed E-state index contributed by atoms with van der Waals surface area (Å²) in [6, 6.07) is 8.56. The second-order valence-corrected chi connectivity index (χ2v) is 6.40. The maximum atomic E-state index is 3.47.